The van der Waals surface area contributed by atoms with Crippen LogP contribution in [0.5, 0.6) is 0 Å². The van der Waals surface area contributed by atoms with Gasteiger partial charge in [-0.15, -0.1) is 0 Å². The minimum atomic E-state index is -0.871. The van der Waals surface area contributed by atoms with E-state index in [9.17, 15) is 4.79 Å². The molecule has 0 amide bonds. The Bertz CT molecular complexity index is 426. The number of carboxylic acid groups (broad SMARTS) is 1. The summed E-state index contributed by atoms with van der Waals surface area (Å²) in [5, 5.41) is 12.5. The van der Waals surface area contributed by atoms with Crippen LogP contribution >= 0.6 is 0 Å². The van der Waals surface area contributed by atoms with Crippen molar-refractivity contribution in [2.45, 2.75) is 39.2 Å². The van der Waals surface area contributed by atoms with E-state index in [1.807, 2.05) is 12.1 Å². The van der Waals surface area contributed by atoms with E-state index in [1.165, 1.54) is 12.8 Å². The number of nitrogens with one attached hydrogen (secondary N) is 1. The number of rotatable bonds is 3. The molecule has 0 bridgehead atoms. The second-order valence-electron chi connectivity index (χ2n) is 5.43. The number of hydrogen-bond donors (Lipinski definition) is 2. The van der Waals surface area contributed by atoms with Crippen LogP contribution in [0.3, 0.4) is 0 Å². The number of para-hydroxylation sites is 1. The van der Waals surface area contributed by atoms with Crippen molar-refractivity contribution in [2.75, 3.05) is 5.32 Å². The van der Waals surface area contributed by atoms with Gasteiger partial charge in [0.2, 0.25) is 0 Å². The van der Waals surface area contributed by atoms with Gasteiger partial charge in [-0.1, -0.05) is 32.4 Å². The molecular weight excluding hydrogens is 214 g/mol. The zero-order valence-electron chi connectivity index (χ0n) is 10.4. The summed E-state index contributed by atoms with van der Waals surface area (Å²) < 4.78 is 0. The van der Waals surface area contributed by atoms with Crippen LogP contribution in [0.15, 0.2) is 24.3 Å². The molecule has 1 fully saturated rings. The fourth-order valence-electron chi connectivity index (χ4n) is 2.58. The first-order valence-corrected chi connectivity index (χ1v) is 6.09. The highest BCUT2D eigenvalue weighted by molar-refractivity contribution is 5.94. The summed E-state index contributed by atoms with van der Waals surface area (Å²) in [6.45, 7) is 4.47. The Hall–Kier alpha value is -1.51. The average molecular weight is 233 g/mol. The highest BCUT2D eigenvalue weighted by atomic mass is 16.4. The Morgan fingerprint density at radius 3 is 2.71 bits per heavy atom. The fourth-order valence-corrected chi connectivity index (χ4v) is 2.58. The smallest absolute Gasteiger partial charge is 0.337 e. The highest BCUT2D eigenvalue weighted by Crippen LogP contribution is 2.39. The van der Waals surface area contributed by atoms with Gasteiger partial charge >= 0.3 is 5.97 Å². The first-order chi connectivity index (χ1) is 8.00. The van der Waals surface area contributed by atoms with Crippen LogP contribution < -0.4 is 5.32 Å². The molecule has 2 N–H and O–H groups in total. The normalized spacial score (nSPS) is 22.4. The van der Waals surface area contributed by atoms with Crippen molar-refractivity contribution >= 4 is 11.7 Å². The van der Waals surface area contributed by atoms with Gasteiger partial charge in [-0.05, 0) is 30.4 Å². The molecule has 0 aliphatic heterocycles. The quantitative estimate of drug-likeness (QED) is 0.841. The van der Waals surface area contributed by atoms with Crippen molar-refractivity contribution in [3.8, 4) is 0 Å². The van der Waals surface area contributed by atoms with E-state index in [0.29, 0.717) is 11.6 Å². The van der Waals surface area contributed by atoms with E-state index in [-0.39, 0.29) is 5.41 Å². The van der Waals surface area contributed by atoms with E-state index >= 15 is 0 Å². The van der Waals surface area contributed by atoms with E-state index in [2.05, 4.69) is 19.2 Å². The number of hydrogen-bond acceptors (Lipinski definition) is 2. The second kappa shape index (κ2) is 4.40. The fraction of sp³-hybridized carbons (Fsp3) is 0.500. The number of carbonyl (C=O) groups is 1. The third kappa shape index (κ3) is 2.43. The van der Waals surface area contributed by atoms with Crippen LogP contribution in [0.25, 0.3) is 0 Å². The van der Waals surface area contributed by atoms with Crippen LogP contribution in [0.1, 0.15) is 43.5 Å². The topological polar surface area (TPSA) is 49.3 Å². The molecule has 1 atom stereocenters. The summed E-state index contributed by atoms with van der Waals surface area (Å²) in [6, 6.07) is 7.48. The molecule has 1 aliphatic rings. The monoisotopic (exact) mass is 233 g/mol. The Kier molecular flexibility index (Phi) is 3.09. The van der Waals surface area contributed by atoms with Crippen molar-refractivity contribution in [1.29, 1.82) is 0 Å². The van der Waals surface area contributed by atoms with Gasteiger partial charge < -0.3 is 10.4 Å². The van der Waals surface area contributed by atoms with Gasteiger partial charge in [0.25, 0.3) is 0 Å². The molecule has 1 aromatic carbocycles. The van der Waals surface area contributed by atoms with Crippen LogP contribution in [-0.4, -0.2) is 17.1 Å². The van der Waals surface area contributed by atoms with Gasteiger partial charge in [-0.25, -0.2) is 4.79 Å². The van der Waals surface area contributed by atoms with Gasteiger partial charge in [-0.2, -0.15) is 0 Å². The number of carboxylic acids is 1. The molecule has 1 saturated carbocycles. The Balaban J connectivity index is 2.21. The largest absolute Gasteiger partial charge is 0.478 e. The number of benzene rings is 1. The standard InChI is InChI=1S/C14H19NO2/c1-14(2)9-5-8-12(14)15-11-7-4-3-6-10(11)13(16)17/h3-4,6-7,12,15H,5,8-9H2,1-2H3,(H,16,17). The molecule has 92 valence electrons. The number of anilines is 1. The molecule has 1 aromatic rings. The Morgan fingerprint density at radius 1 is 1.41 bits per heavy atom. The summed E-state index contributed by atoms with van der Waals surface area (Å²) >= 11 is 0. The first-order valence-electron chi connectivity index (χ1n) is 6.09. The first kappa shape index (κ1) is 12.0. The SMILES string of the molecule is CC1(C)CCCC1Nc1ccccc1C(=O)O. The van der Waals surface area contributed by atoms with Crippen LogP contribution in [-0.2, 0) is 0 Å². The maximum atomic E-state index is 11.1. The average Bonchev–Trinajstić information content (AvgIpc) is 2.59. The number of aromatic carboxylic acids is 1. The molecule has 0 aromatic heterocycles. The van der Waals surface area contributed by atoms with Crippen molar-refractivity contribution in [1.82, 2.24) is 0 Å². The molecule has 3 heteroatoms. The highest BCUT2D eigenvalue weighted by Gasteiger charge is 2.34. The summed E-state index contributed by atoms with van der Waals surface area (Å²) in [5.74, 6) is -0.871. The van der Waals surface area contributed by atoms with E-state index in [1.54, 1.807) is 12.1 Å². The summed E-state index contributed by atoms with van der Waals surface area (Å²) in [4.78, 5) is 11.1. The summed E-state index contributed by atoms with van der Waals surface area (Å²) in [5.41, 5.74) is 1.33. The molecule has 0 spiro atoms. The van der Waals surface area contributed by atoms with E-state index < -0.39 is 5.97 Å². The predicted octanol–water partition coefficient (Wildman–Crippen LogP) is 3.38. The maximum Gasteiger partial charge on any atom is 0.337 e. The molecule has 1 unspecified atom stereocenters. The van der Waals surface area contributed by atoms with E-state index in [4.69, 9.17) is 5.11 Å². The summed E-state index contributed by atoms with van der Waals surface area (Å²) in [7, 11) is 0. The molecule has 2 rings (SSSR count). The third-order valence-electron chi connectivity index (χ3n) is 3.74. The van der Waals surface area contributed by atoms with Crippen LogP contribution in [0.2, 0.25) is 0 Å². The zero-order chi connectivity index (χ0) is 12.5. The second-order valence-corrected chi connectivity index (χ2v) is 5.43. The van der Waals surface area contributed by atoms with Gasteiger partial charge in [0.1, 0.15) is 0 Å². The lowest BCUT2D eigenvalue weighted by atomic mass is 9.87. The zero-order valence-corrected chi connectivity index (χ0v) is 10.4. The minimum absolute atomic E-state index is 0.242. The maximum absolute atomic E-state index is 11.1. The van der Waals surface area contributed by atoms with Crippen molar-refractivity contribution < 1.29 is 9.90 Å². The third-order valence-corrected chi connectivity index (χ3v) is 3.74. The van der Waals surface area contributed by atoms with Gasteiger partial charge in [0, 0.05) is 11.7 Å². The Morgan fingerprint density at radius 2 is 2.12 bits per heavy atom. The molecule has 1 aliphatic carbocycles. The molecule has 0 heterocycles. The van der Waals surface area contributed by atoms with Crippen molar-refractivity contribution in [2.24, 2.45) is 5.41 Å². The van der Waals surface area contributed by atoms with Crippen molar-refractivity contribution in [3.63, 3.8) is 0 Å². The molecular formula is C14H19NO2. The lowest BCUT2D eigenvalue weighted by Gasteiger charge is -2.29. The van der Waals surface area contributed by atoms with Crippen molar-refractivity contribution in [3.05, 3.63) is 29.8 Å². The molecule has 0 saturated heterocycles. The lowest BCUT2D eigenvalue weighted by Crippen LogP contribution is -2.31. The van der Waals surface area contributed by atoms with E-state index in [0.717, 1.165) is 12.1 Å². The van der Waals surface area contributed by atoms with Gasteiger partial charge in [0.05, 0.1) is 5.56 Å². The molecule has 0 radical (unpaired) electrons. The van der Waals surface area contributed by atoms with Crippen LogP contribution in [0, 0.1) is 5.41 Å². The van der Waals surface area contributed by atoms with Gasteiger partial charge in [0.15, 0.2) is 0 Å². The van der Waals surface area contributed by atoms with Crippen LogP contribution in [0.4, 0.5) is 5.69 Å². The molecule has 17 heavy (non-hydrogen) atoms. The lowest BCUT2D eigenvalue weighted by molar-refractivity contribution is 0.0698. The predicted molar refractivity (Wildman–Crippen MR) is 68.4 cm³/mol. The Labute approximate surface area is 102 Å². The summed E-state index contributed by atoms with van der Waals surface area (Å²) in [6.07, 6.45) is 3.51. The van der Waals surface area contributed by atoms with Gasteiger partial charge in [-0.3, -0.25) is 0 Å². The minimum Gasteiger partial charge on any atom is -0.478 e. The molecule has 3 nitrogen and oxygen atoms in total.